The average Bonchev–Trinajstić information content (AvgIpc) is 3.05. The number of amides is 1. The van der Waals surface area contributed by atoms with Crippen molar-refractivity contribution in [1.82, 2.24) is 19.6 Å². The second kappa shape index (κ2) is 7.83. The fraction of sp³-hybridized carbons (Fsp3) is 0.444. The van der Waals surface area contributed by atoms with Crippen LogP contribution in [0.15, 0.2) is 30.5 Å². The molecule has 1 aromatic heterocycles. The number of hydrogen-bond donors (Lipinski definition) is 0. The number of piperazine rings is 1. The summed E-state index contributed by atoms with van der Waals surface area (Å²) in [5.41, 5.74) is 0.837. The number of halogens is 1. The first kappa shape index (κ1) is 19.0. The molecule has 3 rings (SSSR count). The number of aromatic nitrogens is 2. The molecule has 0 aliphatic carbocycles. The number of nitro groups is 1. The highest BCUT2D eigenvalue weighted by atomic mass is 19.1. The van der Waals surface area contributed by atoms with E-state index in [4.69, 9.17) is 0 Å². The van der Waals surface area contributed by atoms with Gasteiger partial charge in [0, 0.05) is 38.3 Å². The van der Waals surface area contributed by atoms with Crippen LogP contribution in [-0.2, 0) is 11.3 Å². The van der Waals surface area contributed by atoms with Crippen molar-refractivity contribution in [2.24, 2.45) is 0 Å². The van der Waals surface area contributed by atoms with Crippen LogP contribution in [0.4, 0.5) is 10.1 Å². The normalized spacial score (nSPS) is 16.3. The molecule has 1 aromatic carbocycles. The van der Waals surface area contributed by atoms with Crippen molar-refractivity contribution in [3.05, 3.63) is 57.7 Å². The molecule has 9 heteroatoms. The Morgan fingerprint density at radius 3 is 2.56 bits per heavy atom. The van der Waals surface area contributed by atoms with Gasteiger partial charge in [0.1, 0.15) is 23.7 Å². The first-order valence-corrected chi connectivity index (χ1v) is 8.81. The van der Waals surface area contributed by atoms with E-state index in [1.807, 2.05) is 6.07 Å². The molecule has 1 atom stereocenters. The van der Waals surface area contributed by atoms with Crippen molar-refractivity contribution in [3.63, 3.8) is 0 Å². The molecule has 1 unspecified atom stereocenters. The second-order valence-electron chi connectivity index (χ2n) is 6.71. The topological polar surface area (TPSA) is 84.5 Å². The minimum absolute atomic E-state index is 0.0932. The Morgan fingerprint density at radius 2 is 1.96 bits per heavy atom. The Labute approximate surface area is 156 Å². The molecule has 0 saturated carbocycles. The molecule has 8 nitrogen and oxygen atoms in total. The molecule has 0 N–H and O–H groups in total. The highest BCUT2D eigenvalue weighted by Crippen LogP contribution is 2.20. The average molecular weight is 375 g/mol. The molecule has 2 aromatic rings. The molecule has 1 fully saturated rings. The van der Waals surface area contributed by atoms with Gasteiger partial charge in [0.05, 0.1) is 4.92 Å². The summed E-state index contributed by atoms with van der Waals surface area (Å²) in [5, 5.41) is 15.1. The molecule has 1 aliphatic rings. The standard InChI is InChI=1S/C18H22FN5O3/c1-13-17(24(26)27)12-23(20-13)14(2)18(25)22-9-7-21(8-10-22)11-15-5-3-4-6-16(15)19/h3-6,12,14H,7-11H2,1-2H3. The molecule has 0 bridgehead atoms. The lowest BCUT2D eigenvalue weighted by molar-refractivity contribution is -0.385. The van der Waals surface area contributed by atoms with E-state index in [9.17, 15) is 19.3 Å². The molecule has 0 spiro atoms. The van der Waals surface area contributed by atoms with Crippen LogP contribution in [0.3, 0.4) is 0 Å². The lowest BCUT2D eigenvalue weighted by Gasteiger charge is -2.36. The Bertz CT molecular complexity index is 845. The lowest BCUT2D eigenvalue weighted by Crippen LogP contribution is -2.50. The van der Waals surface area contributed by atoms with Gasteiger partial charge in [0.15, 0.2) is 0 Å². The van der Waals surface area contributed by atoms with Crippen molar-refractivity contribution >= 4 is 11.6 Å². The maximum atomic E-state index is 13.8. The number of carbonyl (C=O) groups excluding carboxylic acids is 1. The Kier molecular flexibility index (Phi) is 5.50. The maximum Gasteiger partial charge on any atom is 0.309 e. The van der Waals surface area contributed by atoms with E-state index in [1.165, 1.54) is 16.9 Å². The van der Waals surface area contributed by atoms with E-state index in [0.717, 1.165) is 0 Å². The highest BCUT2D eigenvalue weighted by molar-refractivity contribution is 5.80. The van der Waals surface area contributed by atoms with Crippen molar-refractivity contribution in [2.75, 3.05) is 26.2 Å². The summed E-state index contributed by atoms with van der Waals surface area (Å²) < 4.78 is 15.1. The van der Waals surface area contributed by atoms with Gasteiger partial charge in [-0.05, 0) is 19.9 Å². The number of nitrogens with zero attached hydrogens (tertiary/aromatic N) is 5. The fourth-order valence-electron chi connectivity index (χ4n) is 3.22. The largest absolute Gasteiger partial charge is 0.338 e. The molecular weight excluding hydrogens is 353 g/mol. The van der Waals surface area contributed by atoms with Gasteiger partial charge < -0.3 is 4.90 Å². The first-order valence-electron chi connectivity index (χ1n) is 8.81. The van der Waals surface area contributed by atoms with E-state index in [2.05, 4.69) is 10.00 Å². The lowest BCUT2D eigenvalue weighted by atomic mass is 10.1. The summed E-state index contributed by atoms with van der Waals surface area (Å²) >= 11 is 0. The number of hydrogen-bond acceptors (Lipinski definition) is 5. The van der Waals surface area contributed by atoms with Gasteiger partial charge in [-0.25, -0.2) is 4.39 Å². The highest BCUT2D eigenvalue weighted by Gasteiger charge is 2.28. The zero-order valence-corrected chi connectivity index (χ0v) is 15.3. The summed E-state index contributed by atoms with van der Waals surface area (Å²) in [6, 6.07) is 6.07. The summed E-state index contributed by atoms with van der Waals surface area (Å²) in [6.07, 6.45) is 1.30. The zero-order valence-electron chi connectivity index (χ0n) is 15.3. The third-order valence-electron chi connectivity index (χ3n) is 4.88. The molecule has 1 amide bonds. The van der Waals surface area contributed by atoms with E-state index in [1.54, 1.807) is 30.9 Å². The van der Waals surface area contributed by atoms with Crippen molar-refractivity contribution in [1.29, 1.82) is 0 Å². The SMILES string of the molecule is Cc1nn(C(C)C(=O)N2CCN(Cc3ccccc3F)CC2)cc1[N+](=O)[O-]. The molecule has 144 valence electrons. The summed E-state index contributed by atoms with van der Waals surface area (Å²) in [7, 11) is 0. The Balaban J connectivity index is 1.59. The van der Waals surface area contributed by atoms with Crippen LogP contribution in [-0.4, -0.2) is 56.6 Å². The van der Waals surface area contributed by atoms with E-state index < -0.39 is 11.0 Å². The zero-order chi connectivity index (χ0) is 19.6. The quantitative estimate of drug-likeness (QED) is 0.591. The van der Waals surface area contributed by atoms with Gasteiger partial charge in [0.25, 0.3) is 0 Å². The number of benzene rings is 1. The van der Waals surface area contributed by atoms with Gasteiger partial charge in [0.2, 0.25) is 5.91 Å². The third kappa shape index (κ3) is 4.13. The van der Waals surface area contributed by atoms with Crippen molar-refractivity contribution in [3.8, 4) is 0 Å². The van der Waals surface area contributed by atoms with E-state index in [-0.39, 0.29) is 23.1 Å². The van der Waals surface area contributed by atoms with Gasteiger partial charge in [-0.15, -0.1) is 0 Å². The number of rotatable bonds is 5. The number of carbonyl (C=O) groups is 1. The fourth-order valence-corrected chi connectivity index (χ4v) is 3.22. The predicted molar refractivity (Wildman–Crippen MR) is 96.6 cm³/mol. The van der Waals surface area contributed by atoms with Crippen LogP contribution in [0.25, 0.3) is 0 Å². The molecule has 27 heavy (non-hydrogen) atoms. The van der Waals surface area contributed by atoms with Crippen LogP contribution in [0.2, 0.25) is 0 Å². The van der Waals surface area contributed by atoms with Crippen molar-refractivity contribution in [2.45, 2.75) is 26.4 Å². The van der Waals surface area contributed by atoms with Gasteiger partial charge >= 0.3 is 5.69 Å². The van der Waals surface area contributed by atoms with E-state index in [0.29, 0.717) is 38.3 Å². The van der Waals surface area contributed by atoms with Gasteiger partial charge in [-0.1, -0.05) is 18.2 Å². The molecule has 0 radical (unpaired) electrons. The van der Waals surface area contributed by atoms with Gasteiger partial charge in [-0.2, -0.15) is 5.10 Å². The van der Waals surface area contributed by atoms with Crippen LogP contribution < -0.4 is 0 Å². The third-order valence-corrected chi connectivity index (χ3v) is 4.88. The smallest absolute Gasteiger partial charge is 0.309 e. The summed E-state index contributed by atoms with van der Waals surface area (Å²) in [6.45, 7) is 6.09. The molecular formula is C18H22FN5O3. The van der Waals surface area contributed by atoms with E-state index >= 15 is 0 Å². The molecule has 2 heterocycles. The molecule has 1 saturated heterocycles. The minimum atomic E-state index is -0.615. The predicted octanol–water partition coefficient (Wildman–Crippen LogP) is 2.14. The maximum absolute atomic E-state index is 13.8. The monoisotopic (exact) mass is 375 g/mol. The van der Waals surface area contributed by atoms with Crippen LogP contribution in [0, 0.1) is 22.9 Å². The van der Waals surface area contributed by atoms with Crippen LogP contribution in [0.1, 0.15) is 24.2 Å². The Hall–Kier alpha value is -2.81. The minimum Gasteiger partial charge on any atom is -0.338 e. The summed E-state index contributed by atoms with van der Waals surface area (Å²) in [4.78, 5) is 27.0. The van der Waals surface area contributed by atoms with Crippen LogP contribution >= 0.6 is 0 Å². The Morgan fingerprint density at radius 1 is 1.30 bits per heavy atom. The first-order chi connectivity index (χ1) is 12.9. The second-order valence-corrected chi connectivity index (χ2v) is 6.71. The number of aryl methyl sites for hydroxylation is 1. The van der Waals surface area contributed by atoms with Crippen LogP contribution in [0.5, 0.6) is 0 Å². The molecule has 1 aliphatic heterocycles. The van der Waals surface area contributed by atoms with Crippen molar-refractivity contribution < 1.29 is 14.1 Å². The summed E-state index contributed by atoms with van der Waals surface area (Å²) in [5.74, 6) is -0.349. The van der Waals surface area contributed by atoms with Gasteiger partial charge in [-0.3, -0.25) is 24.5 Å².